The zero-order chi connectivity index (χ0) is 15.8. The molecular formula is C18H27ClN2O2. The number of benzene rings is 1. The molecule has 1 amide bonds. The lowest BCUT2D eigenvalue weighted by Gasteiger charge is -2.34. The summed E-state index contributed by atoms with van der Waals surface area (Å²) in [5.74, 6) is 0.175. The number of hydrogen-bond acceptors (Lipinski definition) is 3. The molecule has 0 spiro atoms. The number of Topliss-reactive ketones (excluding diaryl/α,β-unsaturated/α-hetero) is 1. The topological polar surface area (TPSA) is 49.4 Å². The van der Waals surface area contributed by atoms with E-state index in [9.17, 15) is 9.59 Å². The Balaban J connectivity index is 0.00000264. The molecule has 5 heteroatoms. The maximum Gasteiger partial charge on any atom is 0.223 e. The lowest BCUT2D eigenvalue weighted by Crippen LogP contribution is -2.46. The van der Waals surface area contributed by atoms with E-state index in [2.05, 4.69) is 12.2 Å². The summed E-state index contributed by atoms with van der Waals surface area (Å²) in [6.07, 6.45) is 3.60. The van der Waals surface area contributed by atoms with Crippen LogP contribution in [-0.2, 0) is 4.79 Å². The van der Waals surface area contributed by atoms with Gasteiger partial charge in [0.25, 0.3) is 0 Å². The van der Waals surface area contributed by atoms with Crippen LogP contribution in [0.3, 0.4) is 0 Å². The van der Waals surface area contributed by atoms with Gasteiger partial charge in [-0.05, 0) is 32.4 Å². The molecule has 0 aliphatic carbocycles. The van der Waals surface area contributed by atoms with Crippen molar-refractivity contribution in [2.75, 3.05) is 19.6 Å². The fraction of sp³-hybridized carbons (Fsp3) is 0.556. The van der Waals surface area contributed by atoms with Gasteiger partial charge in [-0.3, -0.25) is 9.59 Å². The molecule has 2 rings (SSSR count). The Morgan fingerprint density at radius 3 is 2.39 bits per heavy atom. The van der Waals surface area contributed by atoms with Crippen molar-refractivity contribution in [3.63, 3.8) is 0 Å². The van der Waals surface area contributed by atoms with Crippen LogP contribution in [0.1, 0.15) is 49.4 Å². The van der Waals surface area contributed by atoms with Crippen molar-refractivity contribution in [3.05, 3.63) is 35.9 Å². The molecule has 0 aromatic heterocycles. The molecule has 0 saturated carbocycles. The fourth-order valence-corrected chi connectivity index (χ4v) is 3.00. The van der Waals surface area contributed by atoms with E-state index < -0.39 is 0 Å². The second-order valence-electron chi connectivity index (χ2n) is 5.86. The van der Waals surface area contributed by atoms with Crippen LogP contribution in [0.5, 0.6) is 0 Å². The summed E-state index contributed by atoms with van der Waals surface area (Å²) in [4.78, 5) is 26.6. The van der Waals surface area contributed by atoms with Gasteiger partial charge in [-0.15, -0.1) is 12.4 Å². The molecule has 1 N–H and O–H groups in total. The molecule has 128 valence electrons. The molecule has 1 aromatic carbocycles. The van der Waals surface area contributed by atoms with Crippen LogP contribution < -0.4 is 5.32 Å². The number of hydrogen-bond donors (Lipinski definition) is 1. The van der Waals surface area contributed by atoms with Crippen LogP contribution in [0.4, 0.5) is 0 Å². The quantitative estimate of drug-likeness (QED) is 0.777. The third-order valence-corrected chi connectivity index (χ3v) is 4.20. The van der Waals surface area contributed by atoms with Crippen LogP contribution in [0.25, 0.3) is 0 Å². The Hall–Kier alpha value is -1.39. The lowest BCUT2D eigenvalue weighted by atomic mass is 10.0. The molecule has 1 heterocycles. The Morgan fingerprint density at radius 2 is 1.78 bits per heavy atom. The van der Waals surface area contributed by atoms with E-state index in [4.69, 9.17) is 0 Å². The standard InChI is InChI=1S/C18H26N2O2.ClH/c1-2-14-20(16-10-12-19-13-11-16)18(22)9-8-17(21)15-6-4-3-5-7-15;/h3-7,16,19H,2,8-14H2,1H3;1H. The average Bonchev–Trinajstić information content (AvgIpc) is 2.58. The van der Waals surface area contributed by atoms with E-state index in [-0.39, 0.29) is 24.1 Å². The van der Waals surface area contributed by atoms with Crippen LogP contribution >= 0.6 is 12.4 Å². The largest absolute Gasteiger partial charge is 0.340 e. The highest BCUT2D eigenvalue weighted by Crippen LogP contribution is 2.15. The lowest BCUT2D eigenvalue weighted by molar-refractivity contribution is -0.134. The first-order valence-corrected chi connectivity index (χ1v) is 8.30. The maximum atomic E-state index is 12.5. The van der Waals surface area contributed by atoms with E-state index >= 15 is 0 Å². The normalized spacial score (nSPS) is 14.8. The molecule has 23 heavy (non-hydrogen) atoms. The molecule has 0 bridgehead atoms. The second-order valence-corrected chi connectivity index (χ2v) is 5.86. The molecule has 1 fully saturated rings. The monoisotopic (exact) mass is 338 g/mol. The van der Waals surface area contributed by atoms with Crippen LogP contribution in [-0.4, -0.2) is 42.3 Å². The Morgan fingerprint density at radius 1 is 1.13 bits per heavy atom. The summed E-state index contributed by atoms with van der Waals surface area (Å²) in [6, 6.07) is 9.55. The number of rotatable bonds is 7. The molecule has 1 aliphatic rings. The van der Waals surface area contributed by atoms with Gasteiger partial charge < -0.3 is 10.2 Å². The van der Waals surface area contributed by atoms with Crippen molar-refractivity contribution < 1.29 is 9.59 Å². The number of halogens is 1. The van der Waals surface area contributed by atoms with E-state index in [1.54, 1.807) is 0 Å². The predicted molar refractivity (Wildman–Crippen MR) is 95.2 cm³/mol. The summed E-state index contributed by atoms with van der Waals surface area (Å²) in [7, 11) is 0. The van der Waals surface area contributed by atoms with Crippen molar-refractivity contribution in [2.24, 2.45) is 0 Å². The summed E-state index contributed by atoms with van der Waals surface area (Å²) in [5.41, 5.74) is 0.694. The molecular weight excluding hydrogens is 312 g/mol. The first kappa shape index (κ1) is 19.7. The minimum absolute atomic E-state index is 0. The highest BCUT2D eigenvalue weighted by atomic mass is 35.5. The highest BCUT2D eigenvalue weighted by Gasteiger charge is 2.24. The van der Waals surface area contributed by atoms with E-state index in [1.807, 2.05) is 35.2 Å². The van der Waals surface area contributed by atoms with Crippen molar-refractivity contribution in [3.8, 4) is 0 Å². The van der Waals surface area contributed by atoms with E-state index in [0.29, 0.717) is 24.4 Å². The van der Waals surface area contributed by atoms with Gasteiger partial charge in [-0.1, -0.05) is 37.3 Å². The van der Waals surface area contributed by atoms with Crippen molar-refractivity contribution in [1.29, 1.82) is 0 Å². The zero-order valence-corrected chi connectivity index (χ0v) is 14.6. The first-order valence-electron chi connectivity index (χ1n) is 8.30. The molecule has 4 nitrogen and oxygen atoms in total. The van der Waals surface area contributed by atoms with Gasteiger partial charge in [0.15, 0.2) is 5.78 Å². The minimum atomic E-state index is 0. The van der Waals surface area contributed by atoms with Gasteiger partial charge in [0.1, 0.15) is 0 Å². The van der Waals surface area contributed by atoms with Crippen LogP contribution in [0, 0.1) is 0 Å². The molecule has 1 aromatic rings. The number of carbonyl (C=O) groups is 2. The molecule has 0 unspecified atom stereocenters. The van der Waals surface area contributed by atoms with Gasteiger partial charge in [0, 0.05) is 31.0 Å². The predicted octanol–water partition coefficient (Wildman–Crippen LogP) is 3.06. The second kappa shape index (κ2) is 10.4. The summed E-state index contributed by atoms with van der Waals surface area (Å²) in [6.45, 7) is 4.84. The van der Waals surface area contributed by atoms with Crippen LogP contribution in [0.2, 0.25) is 0 Å². The molecule has 0 atom stereocenters. The van der Waals surface area contributed by atoms with Crippen molar-refractivity contribution in [2.45, 2.75) is 45.1 Å². The smallest absolute Gasteiger partial charge is 0.223 e. The number of piperidine rings is 1. The Bertz CT molecular complexity index is 487. The third kappa shape index (κ3) is 5.96. The van der Waals surface area contributed by atoms with Crippen molar-refractivity contribution >= 4 is 24.1 Å². The summed E-state index contributed by atoms with van der Waals surface area (Å²) >= 11 is 0. The minimum Gasteiger partial charge on any atom is -0.340 e. The Kier molecular flexibility index (Phi) is 8.89. The zero-order valence-electron chi connectivity index (χ0n) is 13.8. The Labute approximate surface area is 145 Å². The van der Waals surface area contributed by atoms with Crippen LogP contribution in [0.15, 0.2) is 30.3 Å². The fourth-order valence-electron chi connectivity index (χ4n) is 3.00. The van der Waals surface area contributed by atoms with Gasteiger partial charge >= 0.3 is 0 Å². The molecule has 0 radical (unpaired) electrons. The third-order valence-electron chi connectivity index (χ3n) is 4.20. The number of nitrogens with one attached hydrogen (secondary N) is 1. The number of amides is 1. The first-order chi connectivity index (χ1) is 10.7. The van der Waals surface area contributed by atoms with E-state index in [0.717, 1.165) is 38.9 Å². The maximum absolute atomic E-state index is 12.5. The number of nitrogens with zero attached hydrogens (tertiary/aromatic N) is 1. The summed E-state index contributed by atoms with van der Waals surface area (Å²) < 4.78 is 0. The molecule has 1 saturated heterocycles. The average molecular weight is 339 g/mol. The number of carbonyl (C=O) groups excluding carboxylic acids is 2. The summed E-state index contributed by atoms with van der Waals surface area (Å²) in [5, 5.41) is 3.33. The van der Waals surface area contributed by atoms with Gasteiger partial charge in [0.05, 0.1) is 0 Å². The van der Waals surface area contributed by atoms with E-state index in [1.165, 1.54) is 0 Å². The molecule has 1 aliphatic heterocycles. The SMILES string of the molecule is CCCN(C(=O)CCC(=O)c1ccccc1)C1CCNCC1.Cl. The van der Waals surface area contributed by atoms with Gasteiger partial charge in [-0.25, -0.2) is 0 Å². The van der Waals surface area contributed by atoms with Gasteiger partial charge in [0.2, 0.25) is 5.91 Å². The number of ketones is 1. The van der Waals surface area contributed by atoms with Gasteiger partial charge in [-0.2, -0.15) is 0 Å². The highest BCUT2D eigenvalue weighted by molar-refractivity contribution is 5.97. The van der Waals surface area contributed by atoms with Crippen molar-refractivity contribution in [1.82, 2.24) is 10.2 Å².